The third-order valence-electron chi connectivity index (χ3n) is 5.88. The van der Waals surface area contributed by atoms with Gasteiger partial charge in [0.2, 0.25) is 17.1 Å². The van der Waals surface area contributed by atoms with Crippen LogP contribution in [0.3, 0.4) is 0 Å². The average molecular weight is 462 g/mol. The Kier molecular flexibility index (Phi) is 6.67. The number of anilines is 2. The van der Waals surface area contributed by atoms with Crippen LogP contribution in [0.4, 0.5) is 11.4 Å². The molecule has 0 saturated heterocycles. The molecule has 1 aliphatic rings. The summed E-state index contributed by atoms with van der Waals surface area (Å²) in [5.41, 5.74) is 4.24. The summed E-state index contributed by atoms with van der Waals surface area (Å²) in [6, 6.07) is 10.4. The number of nitrogens with one attached hydrogen (secondary N) is 2. The second-order valence-corrected chi connectivity index (χ2v) is 7.96. The van der Waals surface area contributed by atoms with Crippen molar-refractivity contribution in [2.75, 3.05) is 26.6 Å². The van der Waals surface area contributed by atoms with Crippen LogP contribution in [0.5, 0.6) is 17.2 Å². The number of benzene rings is 1. The van der Waals surface area contributed by atoms with Crippen LogP contribution >= 0.6 is 0 Å². The van der Waals surface area contributed by atoms with Gasteiger partial charge in [-0.25, -0.2) is 0 Å². The summed E-state index contributed by atoms with van der Waals surface area (Å²) < 4.78 is 17.0. The first kappa shape index (κ1) is 23.1. The summed E-state index contributed by atoms with van der Waals surface area (Å²) in [6.45, 7) is 1.47. The quantitative estimate of drug-likeness (QED) is 0.572. The number of nitrogens with zero attached hydrogens (tertiary/aromatic N) is 1. The standard InChI is InChI=1S/C26H27N3O5/c1-15(30)28-20-7-5-16-13-23(32-2)25(33-3)26(34-4)24(16)18-6-8-21(22(31)14-19(18)20)29-17-9-11-27-12-10-17/h6,8-14,20H,5,7H2,1-4H3,(H,28,30)(H,27,29,31). The summed E-state index contributed by atoms with van der Waals surface area (Å²) in [5, 5.41) is 6.17. The maximum absolute atomic E-state index is 13.3. The predicted octanol–water partition coefficient (Wildman–Crippen LogP) is 4.00. The van der Waals surface area contributed by atoms with Crippen molar-refractivity contribution in [1.29, 1.82) is 0 Å². The highest BCUT2D eigenvalue weighted by Crippen LogP contribution is 2.50. The molecule has 8 heteroatoms. The lowest BCUT2D eigenvalue weighted by Gasteiger charge is -2.19. The molecule has 3 aromatic rings. The van der Waals surface area contributed by atoms with Gasteiger partial charge in [-0.3, -0.25) is 14.6 Å². The molecule has 0 radical (unpaired) electrons. The van der Waals surface area contributed by atoms with Gasteiger partial charge < -0.3 is 24.8 Å². The number of amides is 1. The monoisotopic (exact) mass is 461 g/mol. The van der Waals surface area contributed by atoms with Crippen LogP contribution in [-0.2, 0) is 11.2 Å². The van der Waals surface area contributed by atoms with Gasteiger partial charge in [-0.1, -0.05) is 6.07 Å². The van der Waals surface area contributed by atoms with Crippen LogP contribution in [0, 0.1) is 0 Å². The number of carbonyl (C=O) groups is 1. The SMILES string of the molecule is COc1cc2c(c(OC)c1OC)-c1ccc(Nc3ccncc3)c(=O)cc1C(NC(C)=O)CC2. The molecule has 1 amide bonds. The van der Waals surface area contributed by atoms with Gasteiger partial charge in [0.1, 0.15) is 0 Å². The molecule has 0 spiro atoms. The minimum atomic E-state index is -0.351. The molecule has 8 nitrogen and oxygen atoms in total. The van der Waals surface area contributed by atoms with E-state index in [4.69, 9.17) is 14.2 Å². The molecule has 2 N–H and O–H groups in total. The number of hydrogen-bond acceptors (Lipinski definition) is 7. The molecule has 1 atom stereocenters. The molecule has 34 heavy (non-hydrogen) atoms. The highest BCUT2D eigenvalue weighted by Gasteiger charge is 2.29. The normalized spacial score (nSPS) is 14.2. The lowest BCUT2D eigenvalue weighted by Crippen LogP contribution is -2.26. The fourth-order valence-electron chi connectivity index (χ4n) is 4.40. The van der Waals surface area contributed by atoms with Crippen molar-refractivity contribution in [3.8, 4) is 28.4 Å². The van der Waals surface area contributed by atoms with E-state index in [0.29, 0.717) is 41.3 Å². The zero-order chi connectivity index (χ0) is 24.2. The predicted molar refractivity (Wildman–Crippen MR) is 130 cm³/mol. The Morgan fingerprint density at radius 3 is 2.38 bits per heavy atom. The van der Waals surface area contributed by atoms with Crippen molar-refractivity contribution < 1.29 is 19.0 Å². The Hall–Kier alpha value is -4.07. The first-order valence-corrected chi connectivity index (χ1v) is 10.9. The van der Waals surface area contributed by atoms with Crippen molar-refractivity contribution in [1.82, 2.24) is 10.3 Å². The van der Waals surface area contributed by atoms with E-state index in [-0.39, 0.29) is 17.4 Å². The Balaban J connectivity index is 1.99. The molecule has 176 valence electrons. The smallest absolute Gasteiger partial charge is 0.217 e. The van der Waals surface area contributed by atoms with Crippen molar-refractivity contribution in [3.63, 3.8) is 0 Å². The third kappa shape index (κ3) is 4.39. The first-order chi connectivity index (χ1) is 16.5. The number of fused-ring (bicyclic) bond motifs is 3. The lowest BCUT2D eigenvalue weighted by molar-refractivity contribution is -0.119. The largest absolute Gasteiger partial charge is 0.493 e. The van der Waals surface area contributed by atoms with E-state index < -0.39 is 0 Å². The second-order valence-electron chi connectivity index (χ2n) is 7.96. The van der Waals surface area contributed by atoms with E-state index in [9.17, 15) is 9.59 Å². The molecule has 0 fully saturated rings. The molecule has 1 heterocycles. The number of pyridine rings is 1. The molecule has 1 unspecified atom stereocenters. The Morgan fingerprint density at radius 2 is 1.74 bits per heavy atom. The zero-order valence-electron chi connectivity index (χ0n) is 19.6. The van der Waals surface area contributed by atoms with Crippen LogP contribution < -0.4 is 30.3 Å². The molecule has 2 aromatic carbocycles. The highest BCUT2D eigenvalue weighted by atomic mass is 16.5. The van der Waals surface area contributed by atoms with Crippen molar-refractivity contribution in [3.05, 3.63) is 70.1 Å². The molecule has 0 aliphatic heterocycles. The number of ether oxygens (including phenoxy) is 3. The maximum atomic E-state index is 13.3. The average Bonchev–Trinajstić information content (AvgIpc) is 3.07. The van der Waals surface area contributed by atoms with Crippen LogP contribution in [0.2, 0.25) is 0 Å². The third-order valence-corrected chi connectivity index (χ3v) is 5.88. The van der Waals surface area contributed by atoms with Gasteiger partial charge in [0.15, 0.2) is 11.5 Å². The number of rotatable bonds is 6. The molecular formula is C26H27N3O5. The molecule has 1 aromatic heterocycles. The summed E-state index contributed by atoms with van der Waals surface area (Å²) in [6.07, 6.45) is 4.55. The van der Waals surface area contributed by atoms with E-state index in [1.54, 1.807) is 58.0 Å². The summed E-state index contributed by atoms with van der Waals surface area (Å²) in [4.78, 5) is 29.3. The van der Waals surface area contributed by atoms with Crippen molar-refractivity contribution in [2.24, 2.45) is 0 Å². The molecular weight excluding hydrogens is 434 g/mol. The topological polar surface area (TPSA) is 98.8 Å². The molecule has 0 saturated carbocycles. The zero-order valence-corrected chi connectivity index (χ0v) is 19.6. The fourth-order valence-corrected chi connectivity index (χ4v) is 4.40. The molecule has 0 bridgehead atoms. The van der Waals surface area contributed by atoms with Crippen molar-refractivity contribution in [2.45, 2.75) is 25.8 Å². The number of methoxy groups -OCH3 is 3. The Labute approximate surface area is 197 Å². The van der Waals surface area contributed by atoms with E-state index in [0.717, 1.165) is 22.4 Å². The molecule has 1 aliphatic carbocycles. The Bertz CT molecular complexity index is 1280. The fraction of sp³-hybridized carbons (Fsp3) is 0.269. The minimum absolute atomic E-state index is 0.168. The number of hydrogen-bond donors (Lipinski definition) is 2. The van der Waals surface area contributed by atoms with E-state index >= 15 is 0 Å². The minimum Gasteiger partial charge on any atom is -0.493 e. The van der Waals surface area contributed by atoms with Crippen LogP contribution in [0.15, 0.2) is 53.6 Å². The Morgan fingerprint density at radius 1 is 1.00 bits per heavy atom. The summed E-state index contributed by atoms with van der Waals surface area (Å²) in [7, 11) is 4.71. The molecule has 4 rings (SSSR count). The van der Waals surface area contributed by atoms with E-state index in [1.807, 2.05) is 12.1 Å². The van der Waals surface area contributed by atoms with Crippen LogP contribution in [0.25, 0.3) is 11.1 Å². The summed E-state index contributed by atoms with van der Waals surface area (Å²) >= 11 is 0. The van der Waals surface area contributed by atoms with Crippen LogP contribution in [0.1, 0.15) is 30.5 Å². The second kappa shape index (κ2) is 9.82. The van der Waals surface area contributed by atoms with Gasteiger partial charge in [-0.15, -0.1) is 0 Å². The summed E-state index contributed by atoms with van der Waals surface area (Å²) in [5.74, 6) is 1.38. The lowest BCUT2D eigenvalue weighted by atomic mass is 9.95. The van der Waals surface area contributed by atoms with E-state index in [1.165, 1.54) is 6.92 Å². The van der Waals surface area contributed by atoms with Gasteiger partial charge in [-0.2, -0.15) is 0 Å². The van der Waals surface area contributed by atoms with E-state index in [2.05, 4.69) is 15.6 Å². The number of carbonyl (C=O) groups excluding carboxylic acids is 1. The first-order valence-electron chi connectivity index (χ1n) is 10.9. The number of aromatic nitrogens is 1. The van der Waals surface area contributed by atoms with Gasteiger partial charge in [0.05, 0.1) is 33.1 Å². The van der Waals surface area contributed by atoms with Gasteiger partial charge in [0, 0.05) is 30.6 Å². The number of aryl methyl sites for hydroxylation is 1. The van der Waals surface area contributed by atoms with Gasteiger partial charge in [-0.05, 0) is 59.9 Å². The van der Waals surface area contributed by atoms with Gasteiger partial charge >= 0.3 is 0 Å². The van der Waals surface area contributed by atoms with Crippen LogP contribution in [-0.4, -0.2) is 32.2 Å². The van der Waals surface area contributed by atoms with Crippen molar-refractivity contribution >= 4 is 17.3 Å². The van der Waals surface area contributed by atoms with Gasteiger partial charge in [0.25, 0.3) is 0 Å². The maximum Gasteiger partial charge on any atom is 0.217 e. The highest BCUT2D eigenvalue weighted by molar-refractivity contribution is 5.84.